The van der Waals surface area contributed by atoms with E-state index in [9.17, 15) is 22.8 Å². The molecule has 3 N–H and O–H groups in total. The highest BCUT2D eigenvalue weighted by Crippen LogP contribution is 2.29. The molecule has 1 aromatic carbocycles. The van der Waals surface area contributed by atoms with Crippen LogP contribution in [-0.4, -0.2) is 31.7 Å². The minimum atomic E-state index is -4.47. The average molecular weight is 473 g/mol. The van der Waals surface area contributed by atoms with Gasteiger partial charge in [-0.2, -0.15) is 18.3 Å². The van der Waals surface area contributed by atoms with Gasteiger partial charge >= 0.3 is 12.1 Å². The van der Waals surface area contributed by atoms with E-state index in [1.54, 1.807) is 36.4 Å². The summed E-state index contributed by atoms with van der Waals surface area (Å²) >= 11 is 0. The maximum Gasteiger partial charge on any atom is 0.419 e. The van der Waals surface area contributed by atoms with Crippen LogP contribution in [0.25, 0.3) is 5.82 Å². The fraction of sp³-hybridized carbons (Fsp3) is 0.217. The van der Waals surface area contributed by atoms with E-state index in [2.05, 4.69) is 20.7 Å². The number of carbonyl (C=O) groups excluding carboxylic acids is 1. The fourth-order valence-corrected chi connectivity index (χ4v) is 3.15. The molecule has 1 amide bonds. The predicted octanol–water partition coefficient (Wildman–Crippen LogP) is 4.57. The van der Waals surface area contributed by atoms with Crippen molar-refractivity contribution in [1.29, 1.82) is 0 Å². The second-order valence-electron chi connectivity index (χ2n) is 7.33. The molecule has 0 aliphatic carbocycles. The van der Waals surface area contributed by atoms with Crippen molar-refractivity contribution < 1.29 is 27.9 Å². The molecule has 2 heterocycles. The first-order valence-corrected chi connectivity index (χ1v) is 10.3. The number of pyridine rings is 1. The number of alkyl halides is 3. The third-order valence-electron chi connectivity index (χ3n) is 4.83. The molecule has 11 heteroatoms. The highest BCUT2D eigenvalue weighted by molar-refractivity contribution is 5.95. The Morgan fingerprint density at radius 3 is 2.44 bits per heavy atom. The Bertz CT molecular complexity index is 1160. The monoisotopic (exact) mass is 473 g/mol. The smallest absolute Gasteiger partial charge is 0.419 e. The zero-order valence-electron chi connectivity index (χ0n) is 18.1. The summed E-state index contributed by atoms with van der Waals surface area (Å²) < 4.78 is 39.4. The summed E-state index contributed by atoms with van der Waals surface area (Å²) in [6.07, 6.45) is 2.21. The van der Waals surface area contributed by atoms with Crippen LogP contribution in [0.1, 0.15) is 47.3 Å². The number of nitrogens with one attached hydrogen (secondary N) is 2. The van der Waals surface area contributed by atoms with E-state index in [0.717, 1.165) is 47.8 Å². The zero-order valence-corrected chi connectivity index (χ0v) is 18.1. The molecule has 0 aliphatic rings. The number of benzene rings is 1. The van der Waals surface area contributed by atoms with E-state index in [4.69, 9.17) is 5.11 Å². The second kappa shape index (κ2) is 10.6. The summed E-state index contributed by atoms with van der Waals surface area (Å²) in [6, 6.07) is 10.1. The standard InChI is InChI=1S/C23H22F3N5O3/c1-2-3-19(15-4-6-16(7-5-15)22(34)27-11-10-21(32)33)30-18-8-9-20(28-13-18)31-14-17(12-29-31)23(24,25)26/h4-14,19,30H,2-3H2,1H3,(H,27,34)(H,32,33). The van der Waals surface area contributed by atoms with Crippen molar-refractivity contribution in [3.63, 3.8) is 0 Å². The van der Waals surface area contributed by atoms with Gasteiger partial charge in [-0.1, -0.05) is 25.5 Å². The highest BCUT2D eigenvalue weighted by Gasteiger charge is 2.32. The SMILES string of the molecule is CCCC(Nc1ccc(-n2cc(C(F)(F)F)cn2)nc1)c1ccc(C(=O)NC=CC(=O)O)cc1. The third-order valence-corrected chi connectivity index (χ3v) is 4.83. The predicted molar refractivity (Wildman–Crippen MR) is 118 cm³/mol. The van der Waals surface area contributed by atoms with E-state index in [-0.39, 0.29) is 11.9 Å². The van der Waals surface area contributed by atoms with Crippen LogP contribution in [-0.2, 0) is 11.0 Å². The minimum Gasteiger partial charge on any atom is -0.478 e. The van der Waals surface area contributed by atoms with Gasteiger partial charge in [0, 0.05) is 24.0 Å². The minimum absolute atomic E-state index is 0.0943. The Morgan fingerprint density at radius 1 is 1.15 bits per heavy atom. The Hall–Kier alpha value is -4.15. The summed E-state index contributed by atoms with van der Waals surface area (Å²) in [7, 11) is 0. The van der Waals surface area contributed by atoms with Gasteiger partial charge in [-0.15, -0.1) is 0 Å². The van der Waals surface area contributed by atoms with Crippen molar-refractivity contribution in [3.05, 3.63) is 84.0 Å². The summed E-state index contributed by atoms with van der Waals surface area (Å²) in [5.41, 5.74) is 1.11. The first-order valence-electron chi connectivity index (χ1n) is 10.3. The van der Waals surface area contributed by atoms with Gasteiger partial charge < -0.3 is 15.7 Å². The number of halogens is 3. The lowest BCUT2D eigenvalue weighted by atomic mass is 10.0. The Kier molecular flexibility index (Phi) is 7.67. The van der Waals surface area contributed by atoms with E-state index in [1.165, 1.54) is 6.20 Å². The number of nitrogens with zero attached hydrogens (tertiary/aromatic N) is 3. The van der Waals surface area contributed by atoms with Gasteiger partial charge in [0.15, 0.2) is 5.82 Å². The summed E-state index contributed by atoms with van der Waals surface area (Å²) in [4.78, 5) is 26.8. The lowest BCUT2D eigenvalue weighted by molar-refractivity contribution is -0.137. The number of carboxylic acid groups (broad SMARTS) is 1. The molecule has 0 radical (unpaired) electrons. The van der Waals surface area contributed by atoms with Gasteiger partial charge in [-0.3, -0.25) is 4.79 Å². The third kappa shape index (κ3) is 6.44. The molecule has 1 atom stereocenters. The van der Waals surface area contributed by atoms with Crippen LogP contribution in [0.15, 0.2) is 67.3 Å². The van der Waals surface area contributed by atoms with Crippen LogP contribution < -0.4 is 10.6 Å². The number of carbonyl (C=O) groups is 2. The molecule has 34 heavy (non-hydrogen) atoms. The lowest BCUT2D eigenvalue weighted by Crippen LogP contribution is -2.18. The van der Waals surface area contributed by atoms with Crippen LogP contribution in [0, 0.1) is 0 Å². The zero-order chi connectivity index (χ0) is 24.7. The highest BCUT2D eigenvalue weighted by atomic mass is 19.4. The van der Waals surface area contributed by atoms with Crippen molar-refractivity contribution in [3.8, 4) is 5.82 Å². The lowest BCUT2D eigenvalue weighted by Gasteiger charge is -2.20. The molecule has 0 aliphatic heterocycles. The van der Waals surface area contributed by atoms with Gasteiger partial charge in [0.25, 0.3) is 5.91 Å². The molecule has 1 unspecified atom stereocenters. The maximum atomic E-state index is 12.8. The van der Waals surface area contributed by atoms with Crippen molar-refractivity contribution >= 4 is 17.6 Å². The number of rotatable bonds is 9. The molecule has 178 valence electrons. The van der Waals surface area contributed by atoms with Gasteiger partial charge in [-0.25, -0.2) is 14.5 Å². The largest absolute Gasteiger partial charge is 0.478 e. The van der Waals surface area contributed by atoms with Crippen LogP contribution >= 0.6 is 0 Å². The van der Waals surface area contributed by atoms with Crippen molar-refractivity contribution in [1.82, 2.24) is 20.1 Å². The Labute approximate surface area is 193 Å². The average Bonchev–Trinajstić information content (AvgIpc) is 3.30. The van der Waals surface area contributed by atoms with Crippen LogP contribution in [0.4, 0.5) is 18.9 Å². The molecule has 0 fully saturated rings. The number of hydrogen-bond donors (Lipinski definition) is 3. The van der Waals surface area contributed by atoms with Gasteiger partial charge in [0.2, 0.25) is 0 Å². The number of carboxylic acids is 1. The van der Waals surface area contributed by atoms with Crippen LogP contribution in [0.5, 0.6) is 0 Å². The molecular weight excluding hydrogens is 451 g/mol. The van der Waals surface area contributed by atoms with Crippen molar-refractivity contribution in [2.24, 2.45) is 0 Å². The molecule has 3 aromatic rings. The summed E-state index contributed by atoms with van der Waals surface area (Å²) in [5, 5.41) is 18.0. The Morgan fingerprint density at radius 2 is 1.88 bits per heavy atom. The molecule has 8 nitrogen and oxygen atoms in total. The molecule has 2 aromatic heterocycles. The van der Waals surface area contributed by atoms with Crippen LogP contribution in [0.2, 0.25) is 0 Å². The van der Waals surface area contributed by atoms with E-state index < -0.39 is 23.6 Å². The summed E-state index contributed by atoms with van der Waals surface area (Å²) in [5.74, 6) is -1.35. The maximum absolute atomic E-state index is 12.8. The molecule has 0 spiro atoms. The van der Waals surface area contributed by atoms with E-state index in [0.29, 0.717) is 11.3 Å². The van der Waals surface area contributed by atoms with E-state index >= 15 is 0 Å². The Balaban J connectivity index is 1.69. The van der Waals surface area contributed by atoms with Gasteiger partial charge in [0.1, 0.15) is 0 Å². The molecule has 0 saturated carbocycles. The molecule has 0 saturated heterocycles. The summed E-state index contributed by atoms with van der Waals surface area (Å²) in [6.45, 7) is 2.03. The van der Waals surface area contributed by atoms with Crippen molar-refractivity contribution in [2.75, 3.05) is 5.32 Å². The molecular formula is C23H22F3N5O3. The quantitative estimate of drug-likeness (QED) is 0.393. The first-order chi connectivity index (χ1) is 16.2. The van der Waals surface area contributed by atoms with E-state index in [1.807, 2.05) is 6.92 Å². The number of anilines is 1. The molecule has 0 bridgehead atoms. The normalized spacial score (nSPS) is 12.5. The van der Waals surface area contributed by atoms with Gasteiger partial charge in [-0.05, 0) is 36.2 Å². The topological polar surface area (TPSA) is 109 Å². The number of amides is 1. The van der Waals surface area contributed by atoms with Crippen LogP contribution in [0.3, 0.4) is 0 Å². The van der Waals surface area contributed by atoms with Crippen molar-refractivity contribution in [2.45, 2.75) is 32.0 Å². The molecule has 3 rings (SSSR count). The first kappa shape index (κ1) is 24.5. The number of aromatic nitrogens is 3. The second-order valence-corrected chi connectivity index (χ2v) is 7.33. The number of hydrogen-bond acceptors (Lipinski definition) is 5. The van der Waals surface area contributed by atoms with Gasteiger partial charge in [0.05, 0.1) is 29.7 Å². The fourth-order valence-electron chi connectivity index (χ4n) is 3.15. The number of aliphatic carboxylic acids is 1.